The minimum atomic E-state index is -0.536. The van der Waals surface area contributed by atoms with E-state index in [0.29, 0.717) is 39.3 Å². The number of carbonyl (C=O) groups is 1. The highest BCUT2D eigenvalue weighted by molar-refractivity contribution is 6.31. The standard InChI is InChI=1S/C29H30ClFN6O2/c1-37-12-8-21(9-13-37)39-25-5-3-22-27(35-20-2-4-24(31)23(30)15-20)19(16-32)17-34-28(22)29(25)36-26(38)14-18-6-10-33-11-7-18/h2-5,14-15,17,21,33H,6-13H2,1H3,(H,34,35)(H,36,38). The van der Waals surface area contributed by atoms with Gasteiger partial charge < -0.3 is 25.6 Å². The van der Waals surface area contributed by atoms with Crippen LogP contribution in [0.15, 0.2) is 48.2 Å². The molecular weight excluding hydrogens is 519 g/mol. The number of nitriles is 1. The summed E-state index contributed by atoms with van der Waals surface area (Å²) in [6, 6.07) is 10.0. The summed E-state index contributed by atoms with van der Waals surface area (Å²) in [6.07, 6.45) is 6.50. The van der Waals surface area contributed by atoms with E-state index in [9.17, 15) is 14.4 Å². The number of aromatic nitrogens is 1. The van der Waals surface area contributed by atoms with E-state index in [0.717, 1.165) is 57.4 Å². The van der Waals surface area contributed by atoms with Crippen LogP contribution in [0.1, 0.15) is 31.2 Å². The summed E-state index contributed by atoms with van der Waals surface area (Å²) in [4.78, 5) is 20.0. The lowest BCUT2D eigenvalue weighted by Gasteiger charge is -2.30. The van der Waals surface area contributed by atoms with Crippen LogP contribution in [0.25, 0.3) is 10.9 Å². The van der Waals surface area contributed by atoms with Crippen molar-refractivity contribution in [3.05, 3.63) is 64.6 Å². The third kappa shape index (κ3) is 6.31. The molecule has 202 valence electrons. The van der Waals surface area contributed by atoms with E-state index in [2.05, 4.69) is 39.0 Å². The molecule has 0 bridgehead atoms. The number of nitrogens with one attached hydrogen (secondary N) is 3. The van der Waals surface area contributed by atoms with Crippen LogP contribution in [0.4, 0.5) is 21.5 Å². The SMILES string of the molecule is CN1CCC(Oc2ccc3c(Nc4ccc(F)c(Cl)c4)c(C#N)cnc3c2NC(=O)C=C2CCNCC2)CC1. The van der Waals surface area contributed by atoms with Crippen molar-refractivity contribution in [2.75, 3.05) is 43.9 Å². The molecule has 0 radical (unpaired) electrons. The number of piperidine rings is 2. The first-order chi connectivity index (χ1) is 18.9. The summed E-state index contributed by atoms with van der Waals surface area (Å²) in [6.45, 7) is 3.55. The number of benzene rings is 2. The molecule has 0 aliphatic carbocycles. The maximum absolute atomic E-state index is 13.7. The Hall–Kier alpha value is -3.71. The Morgan fingerprint density at radius 1 is 1.23 bits per heavy atom. The number of hydrogen-bond acceptors (Lipinski definition) is 7. The first-order valence-corrected chi connectivity index (χ1v) is 13.4. The Kier molecular flexibility index (Phi) is 8.27. The van der Waals surface area contributed by atoms with Crippen LogP contribution in [0, 0.1) is 17.1 Å². The molecule has 5 rings (SSSR count). The number of anilines is 3. The summed E-state index contributed by atoms with van der Waals surface area (Å²) in [5.74, 6) is -0.258. The minimum absolute atomic E-state index is 0.00871. The molecule has 3 aromatic rings. The van der Waals surface area contributed by atoms with Crippen LogP contribution in [0.5, 0.6) is 5.75 Å². The highest BCUT2D eigenvalue weighted by atomic mass is 35.5. The smallest absolute Gasteiger partial charge is 0.248 e. The highest BCUT2D eigenvalue weighted by Crippen LogP contribution is 2.39. The zero-order chi connectivity index (χ0) is 27.4. The molecule has 0 saturated carbocycles. The number of ether oxygens (including phenoxy) is 1. The average Bonchev–Trinajstić information content (AvgIpc) is 2.94. The number of amides is 1. The second-order valence-corrected chi connectivity index (χ2v) is 10.3. The van der Waals surface area contributed by atoms with Crippen LogP contribution in [0.2, 0.25) is 5.02 Å². The lowest BCUT2D eigenvalue weighted by molar-refractivity contribution is -0.112. The Bertz CT molecular complexity index is 1450. The molecule has 3 heterocycles. The van der Waals surface area contributed by atoms with Crippen molar-refractivity contribution in [1.82, 2.24) is 15.2 Å². The van der Waals surface area contributed by atoms with Crippen molar-refractivity contribution in [3.8, 4) is 11.8 Å². The lowest BCUT2D eigenvalue weighted by Crippen LogP contribution is -2.35. The van der Waals surface area contributed by atoms with Crippen molar-refractivity contribution in [3.63, 3.8) is 0 Å². The molecule has 2 aromatic carbocycles. The number of carbonyl (C=O) groups excluding carboxylic acids is 1. The molecule has 2 saturated heterocycles. The van der Waals surface area contributed by atoms with Gasteiger partial charge in [0.2, 0.25) is 5.91 Å². The molecule has 39 heavy (non-hydrogen) atoms. The van der Waals surface area contributed by atoms with Gasteiger partial charge in [-0.05, 0) is 76.2 Å². The summed E-state index contributed by atoms with van der Waals surface area (Å²) in [5.41, 5.74) is 3.29. The summed E-state index contributed by atoms with van der Waals surface area (Å²) in [7, 11) is 2.09. The molecule has 0 unspecified atom stereocenters. The van der Waals surface area contributed by atoms with Gasteiger partial charge in [0.1, 0.15) is 29.4 Å². The number of pyridine rings is 1. The molecule has 1 amide bonds. The Morgan fingerprint density at radius 3 is 2.72 bits per heavy atom. The Morgan fingerprint density at radius 2 is 2.00 bits per heavy atom. The quantitative estimate of drug-likeness (QED) is 0.356. The van der Waals surface area contributed by atoms with Gasteiger partial charge in [-0.15, -0.1) is 0 Å². The maximum atomic E-state index is 13.7. The highest BCUT2D eigenvalue weighted by Gasteiger charge is 2.23. The number of likely N-dealkylation sites (tertiary alicyclic amines) is 1. The van der Waals surface area contributed by atoms with Crippen molar-refractivity contribution in [2.45, 2.75) is 31.8 Å². The summed E-state index contributed by atoms with van der Waals surface area (Å²) in [5, 5.41) is 19.9. The molecule has 0 spiro atoms. The normalized spacial score (nSPS) is 16.5. The van der Waals surface area contributed by atoms with E-state index >= 15 is 0 Å². The van der Waals surface area contributed by atoms with Gasteiger partial charge in [0.25, 0.3) is 0 Å². The number of halogens is 2. The van der Waals surface area contributed by atoms with E-state index in [4.69, 9.17) is 16.3 Å². The molecular formula is C29H30ClFN6O2. The molecule has 1 aromatic heterocycles. The first kappa shape index (κ1) is 26.9. The molecule has 2 fully saturated rings. The maximum Gasteiger partial charge on any atom is 0.248 e. The van der Waals surface area contributed by atoms with E-state index in [1.807, 2.05) is 6.07 Å². The molecule has 2 aliphatic rings. The van der Waals surface area contributed by atoms with Crippen LogP contribution in [-0.4, -0.2) is 55.1 Å². The second-order valence-electron chi connectivity index (χ2n) is 9.91. The van der Waals surface area contributed by atoms with Gasteiger partial charge in [0.15, 0.2) is 0 Å². The van der Waals surface area contributed by atoms with Crippen LogP contribution in [0.3, 0.4) is 0 Å². The van der Waals surface area contributed by atoms with Crippen LogP contribution >= 0.6 is 11.6 Å². The second kappa shape index (κ2) is 12.0. The van der Waals surface area contributed by atoms with Crippen LogP contribution in [-0.2, 0) is 4.79 Å². The number of rotatable bonds is 6. The predicted octanol–water partition coefficient (Wildman–Crippen LogP) is 5.36. The molecule has 8 nitrogen and oxygen atoms in total. The topological polar surface area (TPSA) is 102 Å². The van der Waals surface area contributed by atoms with Gasteiger partial charge in [0, 0.05) is 36.4 Å². The fourth-order valence-electron chi connectivity index (χ4n) is 4.92. The third-order valence-electron chi connectivity index (χ3n) is 7.10. The first-order valence-electron chi connectivity index (χ1n) is 13.1. The largest absolute Gasteiger partial charge is 0.488 e. The molecule has 10 heteroatoms. The fourth-order valence-corrected chi connectivity index (χ4v) is 5.10. The predicted molar refractivity (Wildman–Crippen MR) is 151 cm³/mol. The van der Waals surface area contributed by atoms with Crippen LogP contribution < -0.4 is 20.7 Å². The number of hydrogen-bond donors (Lipinski definition) is 3. The van der Waals surface area contributed by atoms with Crippen molar-refractivity contribution < 1.29 is 13.9 Å². The van der Waals surface area contributed by atoms with E-state index in [1.54, 1.807) is 18.2 Å². The van der Waals surface area contributed by atoms with E-state index < -0.39 is 5.82 Å². The fraction of sp³-hybridized carbons (Fsp3) is 0.345. The van der Waals surface area contributed by atoms with Crippen molar-refractivity contribution >= 4 is 45.5 Å². The third-order valence-corrected chi connectivity index (χ3v) is 7.39. The van der Waals surface area contributed by atoms with Gasteiger partial charge in [-0.2, -0.15) is 5.26 Å². The molecule has 2 aliphatic heterocycles. The summed E-state index contributed by atoms with van der Waals surface area (Å²) < 4.78 is 20.2. The zero-order valence-corrected chi connectivity index (χ0v) is 22.4. The van der Waals surface area contributed by atoms with Gasteiger partial charge in [0.05, 0.1) is 21.8 Å². The molecule has 0 atom stereocenters. The Labute approximate surface area is 231 Å². The Balaban J connectivity index is 1.56. The van der Waals surface area contributed by atoms with Gasteiger partial charge in [-0.3, -0.25) is 9.78 Å². The average molecular weight is 549 g/mol. The summed E-state index contributed by atoms with van der Waals surface area (Å²) >= 11 is 5.99. The van der Waals surface area contributed by atoms with E-state index in [1.165, 1.54) is 18.3 Å². The van der Waals surface area contributed by atoms with Crippen molar-refractivity contribution in [1.29, 1.82) is 5.26 Å². The number of fused-ring (bicyclic) bond motifs is 1. The monoisotopic (exact) mass is 548 g/mol. The van der Waals surface area contributed by atoms with Crippen molar-refractivity contribution in [2.24, 2.45) is 0 Å². The number of nitrogens with zero attached hydrogens (tertiary/aromatic N) is 3. The van der Waals surface area contributed by atoms with Gasteiger partial charge >= 0.3 is 0 Å². The van der Waals surface area contributed by atoms with E-state index in [-0.39, 0.29) is 17.0 Å². The zero-order valence-electron chi connectivity index (χ0n) is 21.7. The molecule has 3 N–H and O–H groups in total. The van der Waals surface area contributed by atoms with Gasteiger partial charge in [-0.1, -0.05) is 17.2 Å². The van der Waals surface area contributed by atoms with Gasteiger partial charge in [-0.25, -0.2) is 4.39 Å². The lowest BCUT2D eigenvalue weighted by atomic mass is 10.0. The minimum Gasteiger partial charge on any atom is -0.488 e.